The highest BCUT2D eigenvalue weighted by Gasteiger charge is 2.20. The van der Waals surface area contributed by atoms with E-state index in [0.717, 1.165) is 11.4 Å². The van der Waals surface area contributed by atoms with Crippen molar-refractivity contribution in [3.63, 3.8) is 0 Å². The van der Waals surface area contributed by atoms with Crippen molar-refractivity contribution in [3.05, 3.63) is 46.7 Å². The molecule has 1 heterocycles. The van der Waals surface area contributed by atoms with Crippen LogP contribution in [0, 0.1) is 0 Å². The molecule has 0 aliphatic heterocycles. The summed E-state index contributed by atoms with van der Waals surface area (Å²) in [5.74, 6) is -0.421. The Balaban J connectivity index is 2.13. The Morgan fingerprint density at radius 3 is 2.80 bits per heavy atom. The van der Waals surface area contributed by atoms with Crippen molar-refractivity contribution >= 4 is 35.2 Å². The molecule has 134 valence electrons. The Labute approximate surface area is 155 Å². The quantitative estimate of drug-likeness (QED) is 0.686. The van der Waals surface area contributed by atoms with Crippen LogP contribution in [-0.2, 0) is 4.79 Å². The predicted molar refractivity (Wildman–Crippen MR) is 100.0 cm³/mol. The molecule has 0 radical (unpaired) electrons. The maximum Gasteiger partial charge on any atom is 0.313 e. The van der Waals surface area contributed by atoms with Gasteiger partial charge in [0, 0.05) is 17.3 Å². The summed E-state index contributed by atoms with van der Waals surface area (Å²) in [7, 11) is 0. The SMILES string of the molecule is CC(C)c1c(C(=O)NCCSCC(=O)O)cnn1-c1cccc(Cl)c1. The summed E-state index contributed by atoms with van der Waals surface area (Å²) in [5.41, 5.74) is 2.11. The number of benzene rings is 1. The van der Waals surface area contributed by atoms with Crippen LogP contribution in [0.1, 0.15) is 35.8 Å². The number of carboxylic acids is 1. The molecule has 2 N–H and O–H groups in total. The number of nitrogens with zero attached hydrogens (tertiary/aromatic N) is 2. The molecule has 0 unspecified atom stereocenters. The van der Waals surface area contributed by atoms with E-state index in [1.54, 1.807) is 23.0 Å². The standard InChI is InChI=1S/C17H20ClN3O3S/c1-11(2)16-14(17(24)19-6-7-25-10-15(22)23)9-20-21(16)13-5-3-4-12(18)8-13/h3-5,8-9,11H,6-7,10H2,1-2H3,(H,19,24)(H,22,23). The first-order valence-corrected chi connectivity index (χ1v) is 9.35. The summed E-state index contributed by atoms with van der Waals surface area (Å²) >= 11 is 7.31. The number of hydrogen-bond acceptors (Lipinski definition) is 4. The van der Waals surface area contributed by atoms with E-state index in [4.69, 9.17) is 16.7 Å². The van der Waals surface area contributed by atoms with Crippen molar-refractivity contribution in [2.75, 3.05) is 18.1 Å². The number of nitrogens with one attached hydrogen (secondary N) is 1. The number of aromatic nitrogens is 2. The van der Waals surface area contributed by atoms with Crippen LogP contribution >= 0.6 is 23.4 Å². The van der Waals surface area contributed by atoms with Gasteiger partial charge in [-0.3, -0.25) is 9.59 Å². The average Bonchev–Trinajstić information content (AvgIpc) is 2.99. The Hall–Kier alpha value is -1.99. The molecule has 0 atom stereocenters. The van der Waals surface area contributed by atoms with E-state index in [9.17, 15) is 9.59 Å². The number of hydrogen-bond donors (Lipinski definition) is 2. The maximum atomic E-state index is 12.5. The van der Waals surface area contributed by atoms with E-state index in [1.165, 1.54) is 11.8 Å². The molecule has 2 aromatic rings. The van der Waals surface area contributed by atoms with E-state index in [2.05, 4.69) is 10.4 Å². The zero-order valence-corrected chi connectivity index (χ0v) is 15.6. The van der Waals surface area contributed by atoms with Crippen molar-refractivity contribution in [2.24, 2.45) is 0 Å². The van der Waals surface area contributed by atoms with Crippen LogP contribution in [0.3, 0.4) is 0 Å². The van der Waals surface area contributed by atoms with Gasteiger partial charge in [0.05, 0.1) is 28.9 Å². The summed E-state index contributed by atoms with van der Waals surface area (Å²) in [6.45, 7) is 4.39. The van der Waals surface area contributed by atoms with Crippen molar-refractivity contribution in [1.29, 1.82) is 0 Å². The Kier molecular flexibility index (Phi) is 6.90. The highest BCUT2D eigenvalue weighted by Crippen LogP contribution is 2.24. The van der Waals surface area contributed by atoms with Crippen LogP contribution in [0.2, 0.25) is 5.02 Å². The summed E-state index contributed by atoms with van der Waals surface area (Å²) in [4.78, 5) is 22.9. The molecule has 0 spiro atoms. The van der Waals surface area contributed by atoms with E-state index in [0.29, 0.717) is 22.9 Å². The number of carbonyl (C=O) groups excluding carboxylic acids is 1. The van der Waals surface area contributed by atoms with Gasteiger partial charge in [-0.25, -0.2) is 4.68 Å². The summed E-state index contributed by atoms with van der Waals surface area (Å²) in [6.07, 6.45) is 1.55. The van der Waals surface area contributed by atoms with Gasteiger partial charge in [-0.05, 0) is 24.1 Å². The third-order valence-corrected chi connectivity index (χ3v) is 4.59. The molecule has 1 amide bonds. The molecule has 1 aromatic carbocycles. The summed E-state index contributed by atoms with van der Waals surface area (Å²) in [5, 5.41) is 16.4. The lowest BCUT2D eigenvalue weighted by molar-refractivity contribution is -0.133. The molecule has 0 aliphatic rings. The lowest BCUT2D eigenvalue weighted by Crippen LogP contribution is -2.27. The van der Waals surface area contributed by atoms with Crippen LogP contribution in [0.25, 0.3) is 5.69 Å². The van der Waals surface area contributed by atoms with Crippen molar-refractivity contribution < 1.29 is 14.7 Å². The minimum atomic E-state index is -0.860. The number of thioether (sulfide) groups is 1. The van der Waals surface area contributed by atoms with Gasteiger partial charge in [-0.1, -0.05) is 31.5 Å². The number of carbonyl (C=O) groups is 2. The van der Waals surface area contributed by atoms with Gasteiger partial charge in [0.1, 0.15) is 0 Å². The highest BCUT2D eigenvalue weighted by atomic mass is 35.5. The predicted octanol–water partition coefficient (Wildman–Crippen LogP) is 3.20. The third-order valence-electron chi connectivity index (χ3n) is 3.41. The number of carboxylic acid groups (broad SMARTS) is 1. The zero-order chi connectivity index (χ0) is 18.4. The number of amides is 1. The fraction of sp³-hybridized carbons (Fsp3) is 0.353. The fourth-order valence-electron chi connectivity index (χ4n) is 2.39. The topological polar surface area (TPSA) is 84.2 Å². The Morgan fingerprint density at radius 1 is 1.40 bits per heavy atom. The molecule has 1 aromatic heterocycles. The number of aliphatic carboxylic acids is 1. The van der Waals surface area contributed by atoms with Crippen molar-refractivity contribution in [1.82, 2.24) is 15.1 Å². The number of rotatable bonds is 8. The summed E-state index contributed by atoms with van der Waals surface area (Å²) < 4.78 is 1.73. The average molecular weight is 382 g/mol. The first-order valence-electron chi connectivity index (χ1n) is 7.81. The van der Waals surface area contributed by atoms with E-state index < -0.39 is 5.97 Å². The second-order valence-corrected chi connectivity index (χ2v) is 7.23. The Morgan fingerprint density at radius 2 is 2.16 bits per heavy atom. The zero-order valence-electron chi connectivity index (χ0n) is 14.0. The molecule has 0 saturated heterocycles. The normalized spacial score (nSPS) is 10.9. The molecule has 0 aliphatic carbocycles. The smallest absolute Gasteiger partial charge is 0.313 e. The van der Waals surface area contributed by atoms with Gasteiger partial charge in [0.25, 0.3) is 5.91 Å². The van der Waals surface area contributed by atoms with Gasteiger partial charge < -0.3 is 10.4 Å². The molecule has 2 rings (SSSR count). The second-order valence-electron chi connectivity index (χ2n) is 5.69. The van der Waals surface area contributed by atoms with Crippen LogP contribution < -0.4 is 5.32 Å². The van der Waals surface area contributed by atoms with Crippen LogP contribution in [-0.4, -0.2) is 44.8 Å². The second kappa shape index (κ2) is 8.92. The molecule has 0 saturated carbocycles. The fourth-order valence-corrected chi connectivity index (χ4v) is 3.14. The molecule has 25 heavy (non-hydrogen) atoms. The van der Waals surface area contributed by atoms with Crippen LogP contribution in [0.5, 0.6) is 0 Å². The van der Waals surface area contributed by atoms with Crippen molar-refractivity contribution in [2.45, 2.75) is 19.8 Å². The number of halogens is 1. The molecule has 6 nitrogen and oxygen atoms in total. The minimum absolute atomic E-state index is 0.0276. The minimum Gasteiger partial charge on any atom is -0.481 e. The first-order chi connectivity index (χ1) is 11.9. The maximum absolute atomic E-state index is 12.5. The molecule has 8 heteroatoms. The third kappa shape index (κ3) is 5.24. The lowest BCUT2D eigenvalue weighted by Gasteiger charge is -2.13. The largest absolute Gasteiger partial charge is 0.481 e. The Bertz CT molecular complexity index is 761. The molecule has 0 bridgehead atoms. The van der Waals surface area contributed by atoms with Gasteiger partial charge in [-0.2, -0.15) is 5.10 Å². The first kappa shape index (κ1) is 19.3. The molecular weight excluding hydrogens is 362 g/mol. The molecular formula is C17H20ClN3O3S. The monoisotopic (exact) mass is 381 g/mol. The van der Waals surface area contributed by atoms with E-state index >= 15 is 0 Å². The van der Waals surface area contributed by atoms with Gasteiger partial charge in [-0.15, -0.1) is 11.8 Å². The molecule has 0 fully saturated rings. The summed E-state index contributed by atoms with van der Waals surface area (Å²) in [6, 6.07) is 7.30. The van der Waals surface area contributed by atoms with Crippen LogP contribution in [0.4, 0.5) is 0 Å². The van der Waals surface area contributed by atoms with Crippen LogP contribution in [0.15, 0.2) is 30.5 Å². The van der Waals surface area contributed by atoms with Gasteiger partial charge in [0.15, 0.2) is 0 Å². The van der Waals surface area contributed by atoms with E-state index in [-0.39, 0.29) is 17.6 Å². The van der Waals surface area contributed by atoms with Crippen molar-refractivity contribution in [3.8, 4) is 5.69 Å². The van der Waals surface area contributed by atoms with E-state index in [1.807, 2.05) is 26.0 Å². The highest BCUT2D eigenvalue weighted by molar-refractivity contribution is 7.99. The van der Waals surface area contributed by atoms with Gasteiger partial charge in [0.2, 0.25) is 0 Å². The van der Waals surface area contributed by atoms with Gasteiger partial charge >= 0.3 is 5.97 Å². The lowest BCUT2D eigenvalue weighted by atomic mass is 10.1.